The van der Waals surface area contributed by atoms with Crippen molar-refractivity contribution in [3.8, 4) is 0 Å². The number of halogens is 1. The van der Waals surface area contributed by atoms with Gasteiger partial charge in [-0.2, -0.15) is 0 Å². The van der Waals surface area contributed by atoms with Crippen LogP contribution in [0.15, 0.2) is 59.6 Å². The SMILES string of the molecule is S=C(Nc1cccc(Cl)c1)N1CCN=C1NCCCCc1ccccc1. The lowest BCUT2D eigenvalue weighted by Gasteiger charge is -2.22. The molecule has 136 valence electrons. The first-order chi connectivity index (χ1) is 12.7. The summed E-state index contributed by atoms with van der Waals surface area (Å²) in [4.78, 5) is 6.54. The quantitative estimate of drug-likeness (QED) is 0.573. The van der Waals surface area contributed by atoms with E-state index >= 15 is 0 Å². The van der Waals surface area contributed by atoms with Crippen molar-refractivity contribution in [2.24, 2.45) is 4.99 Å². The van der Waals surface area contributed by atoms with Gasteiger partial charge in [0.05, 0.1) is 6.54 Å². The fourth-order valence-electron chi connectivity index (χ4n) is 2.85. The van der Waals surface area contributed by atoms with Gasteiger partial charge >= 0.3 is 0 Å². The van der Waals surface area contributed by atoms with Gasteiger partial charge in [0.1, 0.15) is 0 Å². The predicted molar refractivity (Wildman–Crippen MR) is 114 cm³/mol. The summed E-state index contributed by atoms with van der Waals surface area (Å²) in [5.41, 5.74) is 2.27. The first-order valence-corrected chi connectivity index (χ1v) is 9.67. The van der Waals surface area contributed by atoms with Crippen LogP contribution >= 0.6 is 23.8 Å². The third-order valence-corrected chi connectivity index (χ3v) is 4.74. The largest absolute Gasteiger partial charge is 0.356 e. The fraction of sp³-hybridized carbons (Fsp3) is 0.300. The highest BCUT2D eigenvalue weighted by molar-refractivity contribution is 7.80. The molecule has 4 nitrogen and oxygen atoms in total. The third kappa shape index (κ3) is 5.44. The van der Waals surface area contributed by atoms with Crippen LogP contribution in [-0.2, 0) is 6.42 Å². The average Bonchev–Trinajstić information content (AvgIpc) is 3.11. The molecule has 1 aliphatic rings. The van der Waals surface area contributed by atoms with E-state index in [-0.39, 0.29) is 0 Å². The molecule has 1 aliphatic heterocycles. The zero-order valence-electron chi connectivity index (χ0n) is 14.6. The molecule has 26 heavy (non-hydrogen) atoms. The number of nitrogens with zero attached hydrogens (tertiary/aromatic N) is 2. The molecule has 0 saturated carbocycles. The number of benzene rings is 2. The van der Waals surface area contributed by atoms with E-state index < -0.39 is 0 Å². The van der Waals surface area contributed by atoms with Gasteiger partial charge in [-0.25, -0.2) is 0 Å². The summed E-state index contributed by atoms with van der Waals surface area (Å²) in [7, 11) is 0. The normalized spacial score (nSPS) is 13.4. The van der Waals surface area contributed by atoms with Crippen LogP contribution < -0.4 is 10.6 Å². The lowest BCUT2D eigenvalue weighted by atomic mass is 10.1. The maximum absolute atomic E-state index is 6.03. The molecule has 0 spiro atoms. The van der Waals surface area contributed by atoms with Crippen molar-refractivity contribution in [3.05, 3.63) is 65.2 Å². The Balaban J connectivity index is 1.42. The third-order valence-electron chi connectivity index (χ3n) is 4.18. The predicted octanol–water partition coefficient (Wildman–Crippen LogP) is 4.32. The van der Waals surface area contributed by atoms with Crippen molar-refractivity contribution >= 4 is 40.6 Å². The maximum Gasteiger partial charge on any atom is 0.200 e. The highest BCUT2D eigenvalue weighted by atomic mass is 35.5. The topological polar surface area (TPSA) is 39.7 Å². The van der Waals surface area contributed by atoms with Gasteiger partial charge in [0.15, 0.2) is 11.1 Å². The molecule has 0 atom stereocenters. The van der Waals surface area contributed by atoms with E-state index in [1.165, 1.54) is 5.56 Å². The van der Waals surface area contributed by atoms with Gasteiger partial charge in [-0.15, -0.1) is 0 Å². The van der Waals surface area contributed by atoms with E-state index in [2.05, 4.69) is 46.0 Å². The maximum atomic E-state index is 6.03. The summed E-state index contributed by atoms with van der Waals surface area (Å²) < 4.78 is 0. The van der Waals surface area contributed by atoms with Crippen molar-refractivity contribution in [2.45, 2.75) is 19.3 Å². The summed E-state index contributed by atoms with van der Waals surface area (Å²) in [5.74, 6) is 0.851. The molecule has 0 unspecified atom stereocenters. The van der Waals surface area contributed by atoms with Crippen LogP contribution in [0, 0.1) is 0 Å². The van der Waals surface area contributed by atoms with Crippen LogP contribution in [0.1, 0.15) is 18.4 Å². The number of thiocarbonyl (C=S) groups is 1. The number of hydrogen-bond acceptors (Lipinski definition) is 3. The highest BCUT2D eigenvalue weighted by Gasteiger charge is 2.20. The molecule has 0 aliphatic carbocycles. The molecule has 0 aromatic heterocycles. The summed E-state index contributed by atoms with van der Waals surface area (Å²) >= 11 is 11.6. The monoisotopic (exact) mass is 386 g/mol. The summed E-state index contributed by atoms with van der Waals surface area (Å²) in [6, 6.07) is 18.1. The van der Waals surface area contributed by atoms with Crippen molar-refractivity contribution in [3.63, 3.8) is 0 Å². The van der Waals surface area contributed by atoms with Crippen molar-refractivity contribution in [1.29, 1.82) is 0 Å². The molecule has 2 aromatic rings. The van der Waals surface area contributed by atoms with Crippen LogP contribution in [0.2, 0.25) is 5.02 Å². The van der Waals surface area contributed by atoms with Gasteiger partial charge in [0.25, 0.3) is 0 Å². The fourth-order valence-corrected chi connectivity index (χ4v) is 3.34. The van der Waals surface area contributed by atoms with Crippen molar-refractivity contribution < 1.29 is 0 Å². The lowest BCUT2D eigenvalue weighted by molar-refractivity contribution is 0.628. The summed E-state index contributed by atoms with van der Waals surface area (Å²) in [5, 5.41) is 7.97. The highest BCUT2D eigenvalue weighted by Crippen LogP contribution is 2.16. The summed E-state index contributed by atoms with van der Waals surface area (Å²) in [6.45, 7) is 2.43. The van der Waals surface area contributed by atoms with Gasteiger partial charge in [0.2, 0.25) is 0 Å². The van der Waals surface area contributed by atoms with E-state index in [0.29, 0.717) is 10.1 Å². The Morgan fingerprint density at radius 3 is 2.77 bits per heavy atom. The number of nitrogens with one attached hydrogen (secondary N) is 2. The van der Waals surface area contributed by atoms with Gasteiger partial charge in [-0.3, -0.25) is 9.89 Å². The van der Waals surface area contributed by atoms with Crippen LogP contribution in [0.5, 0.6) is 0 Å². The smallest absolute Gasteiger partial charge is 0.200 e. The molecular weight excluding hydrogens is 364 g/mol. The lowest BCUT2D eigenvalue weighted by Crippen LogP contribution is -2.44. The molecule has 6 heteroatoms. The Morgan fingerprint density at radius 2 is 1.96 bits per heavy atom. The molecule has 2 aromatic carbocycles. The molecular formula is C20H23ClN4S. The summed E-state index contributed by atoms with van der Waals surface area (Å²) in [6.07, 6.45) is 3.35. The minimum atomic E-state index is 0.639. The number of aryl methyl sites for hydroxylation is 1. The Morgan fingerprint density at radius 1 is 1.12 bits per heavy atom. The standard InChI is InChI=1S/C20H23ClN4S/c21-17-10-6-11-18(15-17)24-20(26)25-14-13-23-19(25)22-12-5-4-9-16-7-2-1-3-8-16/h1-3,6-8,10-11,15H,4-5,9,12-14H2,(H,22,23)(H,24,26). The molecule has 2 N–H and O–H groups in total. The Kier molecular flexibility index (Phi) is 6.86. The van der Waals surface area contributed by atoms with Crippen LogP contribution in [0.3, 0.4) is 0 Å². The van der Waals surface area contributed by atoms with Crippen molar-refractivity contribution in [1.82, 2.24) is 10.2 Å². The number of rotatable bonds is 6. The van der Waals surface area contributed by atoms with E-state index in [9.17, 15) is 0 Å². The molecule has 0 amide bonds. The minimum absolute atomic E-state index is 0.639. The number of hydrogen-bond donors (Lipinski definition) is 2. The number of unbranched alkanes of at least 4 members (excludes halogenated alkanes) is 1. The molecule has 0 fully saturated rings. The van der Waals surface area contributed by atoms with E-state index in [1.807, 2.05) is 29.2 Å². The number of aliphatic imine (C=N–C) groups is 1. The van der Waals surface area contributed by atoms with E-state index in [4.69, 9.17) is 23.8 Å². The van der Waals surface area contributed by atoms with Crippen LogP contribution in [0.25, 0.3) is 0 Å². The van der Waals surface area contributed by atoms with E-state index in [0.717, 1.165) is 50.5 Å². The second-order valence-electron chi connectivity index (χ2n) is 6.17. The Hall–Kier alpha value is -2.11. The van der Waals surface area contributed by atoms with Gasteiger partial charge in [0, 0.05) is 23.8 Å². The Labute approximate surface area is 165 Å². The molecule has 0 saturated heterocycles. The first kappa shape index (κ1) is 18.7. The molecule has 1 heterocycles. The van der Waals surface area contributed by atoms with Crippen molar-refractivity contribution in [2.75, 3.05) is 25.0 Å². The van der Waals surface area contributed by atoms with Gasteiger partial charge < -0.3 is 10.6 Å². The molecule has 0 radical (unpaired) electrons. The molecule has 0 bridgehead atoms. The van der Waals surface area contributed by atoms with Crippen LogP contribution in [0.4, 0.5) is 5.69 Å². The second kappa shape index (κ2) is 9.55. The average molecular weight is 387 g/mol. The minimum Gasteiger partial charge on any atom is -0.356 e. The number of anilines is 1. The Bertz CT molecular complexity index is 763. The van der Waals surface area contributed by atoms with Gasteiger partial charge in [-0.1, -0.05) is 48.0 Å². The van der Waals surface area contributed by atoms with Crippen LogP contribution in [-0.4, -0.2) is 35.6 Å². The zero-order chi connectivity index (χ0) is 18.2. The van der Waals surface area contributed by atoms with E-state index in [1.54, 1.807) is 0 Å². The second-order valence-corrected chi connectivity index (χ2v) is 6.99. The first-order valence-electron chi connectivity index (χ1n) is 8.89. The molecule has 3 rings (SSSR count). The number of guanidine groups is 1. The zero-order valence-corrected chi connectivity index (χ0v) is 16.2. The van der Waals surface area contributed by atoms with Gasteiger partial charge in [-0.05, 0) is 55.2 Å².